The van der Waals surface area contributed by atoms with Crippen molar-refractivity contribution in [1.29, 1.82) is 0 Å². The number of unbranched alkanes of at least 4 members (excludes halogenated alkanes) is 3. The van der Waals surface area contributed by atoms with E-state index in [1.54, 1.807) is 6.07 Å². The van der Waals surface area contributed by atoms with E-state index >= 15 is 0 Å². The van der Waals surface area contributed by atoms with E-state index in [0.29, 0.717) is 11.1 Å². The number of nitrogens with two attached hydrogens (primary N) is 1. The molecule has 2 N–H and O–H groups in total. The van der Waals surface area contributed by atoms with Crippen molar-refractivity contribution in [2.75, 3.05) is 0 Å². The molecule has 0 aliphatic heterocycles. The first kappa shape index (κ1) is 12.5. The highest BCUT2D eigenvalue weighted by atomic mass is 16.1. The highest BCUT2D eigenvalue weighted by molar-refractivity contribution is 6.03. The van der Waals surface area contributed by atoms with Crippen molar-refractivity contribution in [3.63, 3.8) is 0 Å². The van der Waals surface area contributed by atoms with Gasteiger partial charge in [-0.2, -0.15) is 0 Å². The maximum absolute atomic E-state index is 11.3. The Kier molecular flexibility index (Phi) is 3.92. The van der Waals surface area contributed by atoms with E-state index in [1.807, 2.05) is 16.8 Å². The number of carbonyl (C=O) groups excluding carboxylic acids is 1. The van der Waals surface area contributed by atoms with Crippen molar-refractivity contribution in [3.05, 3.63) is 23.8 Å². The van der Waals surface area contributed by atoms with E-state index in [9.17, 15) is 4.79 Å². The summed E-state index contributed by atoms with van der Waals surface area (Å²) in [5, 5.41) is 8.15. The van der Waals surface area contributed by atoms with Gasteiger partial charge < -0.3 is 5.73 Å². The molecule has 2 aromatic rings. The second-order valence-corrected chi connectivity index (χ2v) is 4.41. The van der Waals surface area contributed by atoms with Gasteiger partial charge in [0.1, 0.15) is 5.52 Å². The lowest BCUT2D eigenvalue weighted by Crippen LogP contribution is -2.11. The predicted octanol–water partition coefficient (Wildman–Crippen LogP) is 2.11. The van der Waals surface area contributed by atoms with Gasteiger partial charge in [-0.05, 0) is 18.6 Å². The molecule has 0 spiro atoms. The number of primary amides is 1. The van der Waals surface area contributed by atoms with Crippen LogP contribution in [0, 0.1) is 0 Å². The summed E-state index contributed by atoms with van der Waals surface area (Å²) in [4.78, 5) is 11.3. The third-order valence-corrected chi connectivity index (χ3v) is 3.03. The predicted molar refractivity (Wildman–Crippen MR) is 70.2 cm³/mol. The lowest BCUT2D eigenvalue weighted by Gasteiger charge is -2.02. The second-order valence-electron chi connectivity index (χ2n) is 4.41. The van der Waals surface area contributed by atoms with Gasteiger partial charge >= 0.3 is 0 Å². The van der Waals surface area contributed by atoms with E-state index in [2.05, 4.69) is 17.2 Å². The van der Waals surface area contributed by atoms with Crippen molar-refractivity contribution >= 4 is 16.9 Å². The van der Waals surface area contributed by atoms with Crippen molar-refractivity contribution in [2.45, 2.75) is 39.2 Å². The molecule has 1 heterocycles. The van der Waals surface area contributed by atoms with Gasteiger partial charge in [-0.1, -0.05) is 37.5 Å². The van der Waals surface area contributed by atoms with E-state index < -0.39 is 5.91 Å². The zero-order valence-corrected chi connectivity index (χ0v) is 10.6. The number of fused-ring (bicyclic) bond motifs is 1. The topological polar surface area (TPSA) is 73.8 Å². The molecule has 0 unspecified atom stereocenters. The van der Waals surface area contributed by atoms with E-state index in [1.165, 1.54) is 19.3 Å². The number of benzene rings is 1. The van der Waals surface area contributed by atoms with Crippen molar-refractivity contribution in [1.82, 2.24) is 15.0 Å². The van der Waals surface area contributed by atoms with E-state index in [0.717, 1.165) is 18.5 Å². The zero-order valence-electron chi connectivity index (χ0n) is 10.6. The fourth-order valence-corrected chi connectivity index (χ4v) is 2.04. The van der Waals surface area contributed by atoms with Gasteiger partial charge in [-0.15, -0.1) is 5.10 Å². The summed E-state index contributed by atoms with van der Waals surface area (Å²) in [6, 6.07) is 5.41. The maximum Gasteiger partial charge on any atom is 0.251 e. The summed E-state index contributed by atoms with van der Waals surface area (Å²) in [5.74, 6) is -0.460. The quantitative estimate of drug-likeness (QED) is 0.793. The molecule has 0 saturated carbocycles. The van der Waals surface area contributed by atoms with Crippen molar-refractivity contribution in [3.8, 4) is 0 Å². The normalized spacial score (nSPS) is 10.9. The largest absolute Gasteiger partial charge is 0.366 e. The molecule has 2 rings (SSSR count). The Labute approximate surface area is 106 Å². The second kappa shape index (κ2) is 5.62. The molecule has 96 valence electrons. The Morgan fingerprint density at radius 3 is 2.89 bits per heavy atom. The summed E-state index contributed by atoms with van der Waals surface area (Å²) in [7, 11) is 0. The number of amides is 1. The molecule has 0 bridgehead atoms. The molecular weight excluding hydrogens is 228 g/mol. The molecule has 0 saturated heterocycles. The van der Waals surface area contributed by atoms with E-state index in [-0.39, 0.29) is 0 Å². The van der Waals surface area contributed by atoms with Crippen LogP contribution in [0.2, 0.25) is 0 Å². The number of nitrogens with zero attached hydrogens (tertiary/aromatic N) is 3. The minimum absolute atomic E-state index is 0.437. The molecule has 0 atom stereocenters. The molecule has 18 heavy (non-hydrogen) atoms. The van der Waals surface area contributed by atoms with Gasteiger partial charge in [-0.3, -0.25) is 4.79 Å². The average molecular weight is 246 g/mol. The van der Waals surface area contributed by atoms with E-state index in [4.69, 9.17) is 5.73 Å². The van der Waals surface area contributed by atoms with Gasteiger partial charge in [0.15, 0.2) is 0 Å². The molecule has 5 nitrogen and oxygen atoms in total. The first-order chi connectivity index (χ1) is 8.74. The minimum atomic E-state index is -0.460. The van der Waals surface area contributed by atoms with Crippen molar-refractivity contribution in [2.24, 2.45) is 5.73 Å². The van der Waals surface area contributed by atoms with Crippen LogP contribution < -0.4 is 5.73 Å². The van der Waals surface area contributed by atoms with Crippen LogP contribution in [0.5, 0.6) is 0 Å². The van der Waals surface area contributed by atoms with Crippen LogP contribution in [-0.4, -0.2) is 20.9 Å². The maximum atomic E-state index is 11.3. The fraction of sp³-hybridized carbons (Fsp3) is 0.462. The number of hydrogen-bond donors (Lipinski definition) is 1. The van der Waals surface area contributed by atoms with Gasteiger partial charge in [0.2, 0.25) is 0 Å². The van der Waals surface area contributed by atoms with Crippen LogP contribution in [0.25, 0.3) is 11.0 Å². The van der Waals surface area contributed by atoms with Gasteiger partial charge in [0.25, 0.3) is 5.91 Å². The Morgan fingerprint density at radius 2 is 2.17 bits per heavy atom. The number of aromatic nitrogens is 3. The SMILES string of the molecule is CCCCCCn1nnc2c(C(N)=O)cccc21. The average Bonchev–Trinajstić information content (AvgIpc) is 2.77. The Bertz CT molecular complexity index is 547. The van der Waals surface area contributed by atoms with Crippen molar-refractivity contribution < 1.29 is 4.79 Å². The molecule has 1 amide bonds. The Morgan fingerprint density at radius 1 is 1.33 bits per heavy atom. The molecule has 1 aromatic heterocycles. The molecule has 5 heteroatoms. The summed E-state index contributed by atoms with van der Waals surface area (Å²) < 4.78 is 1.84. The summed E-state index contributed by atoms with van der Waals surface area (Å²) in [6.07, 6.45) is 4.71. The monoisotopic (exact) mass is 246 g/mol. The number of carbonyl (C=O) groups is 1. The lowest BCUT2D eigenvalue weighted by molar-refractivity contribution is 0.100. The first-order valence-corrected chi connectivity index (χ1v) is 6.36. The van der Waals surface area contributed by atoms with Crippen LogP contribution in [0.3, 0.4) is 0 Å². The fourth-order valence-electron chi connectivity index (χ4n) is 2.04. The highest BCUT2D eigenvalue weighted by Crippen LogP contribution is 2.16. The van der Waals surface area contributed by atoms with Crippen LogP contribution in [0.4, 0.5) is 0 Å². The Hall–Kier alpha value is -1.91. The highest BCUT2D eigenvalue weighted by Gasteiger charge is 2.11. The molecule has 0 aliphatic carbocycles. The number of rotatable bonds is 6. The van der Waals surface area contributed by atoms with Gasteiger partial charge in [0.05, 0.1) is 11.1 Å². The lowest BCUT2D eigenvalue weighted by atomic mass is 10.1. The number of hydrogen-bond acceptors (Lipinski definition) is 3. The Balaban J connectivity index is 2.20. The van der Waals surface area contributed by atoms with Crippen LogP contribution >= 0.6 is 0 Å². The zero-order chi connectivity index (χ0) is 13.0. The van der Waals surface area contributed by atoms with Crippen LogP contribution in [-0.2, 0) is 6.54 Å². The summed E-state index contributed by atoms with van der Waals surface area (Å²) in [6.45, 7) is 3.02. The smallest absolute Gasteiger partial charge is 0.251 e. The summed E-state index contributed by atoms with van der Waals surface area (Å²) in [5.41, 5.74) is 7.23. The molecule has 0 fully saturated rings. The molecule has 1 aromatic carbocycles. The third kappa shape index (κ3) is 2.50. The standard InChI is InChI=1S/C13H18N4O/c1-2-3-4-5-9-17-11-8-6-7-10(13(14)18)12(11)15-16-17/h6-8H,2-5,9H2,1H3,(H2,14,18). The molecule has 0 aliphatic rings. The minimum Gasteiger partial charge on any atom is -0.366 e. The molecular formula is C13H18N4O. The van der Waals surface area contributed by atoms with Gasteiger partial charge in [0, 0.05) is 6.54 Å². The first-order valence-electron chi connectivity index (χ1n) is 6.36. The number of aryl methyl sites for hydroxylation is 1. The van der Waals surface area contributed by atoms with Crippen LogP contribution in [0.1, 0.15) is 43.0 Å². The third-order valence-electron chi connectivity index (χ3n) is 3.03. The van der Waals surface area contributed by atoms with Crippen LogP contribution in [0.15, 0.2) is 18.2 Å². The van der Waals surface area contributed by atoms with Gasteiger partial charge in [-0.25, -0.2) is 4.68 Å². The summed E-state index contributed by atoms with van der Waals surface area (Å²) >= 11 is 0. The molecule has 0 radical (unpaired) electrons.